The molecular weight excluding hydrogens is 193 g/mol. The molecule has 14 heavy (non-hydrogen) atoms. The topological polar surface area (TPSA) is 9.23 Å². The number of fused-ring (bicyclic) bond motifs is 1. The highest BCUT2D eigenvalue weighted by atomic mass is 19.3. The molecule has 2 rings (SSSR count). The standard InChI is InChI=1S/C10H9F3O/c1-6-9-7(11)3-2-4-8(9)14-5-10(6,12)13/h2-4,6H,5H2,1H3. The van der Waals surface area contributed by atoms with Crippen LogP contribution in [0.3, 0.4) is 0 Å². The maximum atomic E-state index is 13.3. The minimum absolute atomic E-state index is 0.0243. The van der Waals surface area contributed by atoms with Gasteiger partial charge in [0.05, 0.1) is 5.92 Å². The first-order valence-electron chi connectivity index (χ1n) is 4.31. The molecule has 1 heterocycles. The lowest BCUT2D eigenvalue weighted by molar-refractivity contribution is -0.0733. The molecule has 1 aromatic carbocycles. The molecule has 1 unspecified atom stereocenters. The summed E-state index contributed by atoms with van der Waals surface area (Å²) in [5.41, 5.74) is -0.0243. The average Bonchev–Trinajstić information content (AvgIpc) is 2.12. The molecule has 0 amide bonds. The highest BCUT2D eigenvalue weighted by molar-refractivity contribution is 5.40. The summed E-state index contributed by atoms with van der Waals surface area (Å²) in [6.45, 7) is 0.634. The molecule has 1 aliphatic rings. The Morgan fingerprint density at radius 3 is 2.86 bits per heavy atom. The fraction of sp³-hybridized carbons (Fsp3) is 0.400. The van der Waals surface area contributed by atoms with E-state index < -0.39 is 24.3 Å². The van der Waals surface area contributed by atoms with Crippen LogP contribution in [-0.4, -0.2) is 12.5 Å². The van der Waals surface area contributed by atoms with Gasteiger partial charge in [0, 0.05) is 5.56 Å². The summed E-state index contributed by atoms with van der Waals surface area (Å²) < 4.78 is 44.4. The molecule has 0 bridgehead atoms. The van der Waals surface area contributed by atoms with E-state index in [0.29, 0.717) is 0 Å². The second-order valence-electron chi connectivity index (χ2n) is 3.42. The van der Waals surface area contributed by atoms with Crippen molar-refractivity contribution in [2.24, 2.45) is 0 Å². The summed E-state index contributed by atoms with van der Waals surface area (Å²) in [4.78, 5) is 0. The summed E-state index contributed by atoms with van der Waals surface area (Å²) in [5.74, 6) is -4.53. The van der Waals surface area contributed by atoms with E-state index in [1.807, 2.05) is 0 Å². The minimum Gasteiger partial charge on any atom is -0.487 e. The molecule has 0 saturated carbocycles. The molecule has 1 nitrogen and oxygen atoms in total. The largest absolute Gasteiger partial charge is 0.487 e. The van der Waals surface area contributed by atoms with Crippen LogP contribution < -0.4 is 4.74 Å². The summed E-state index contributed by atoms with van der Waals surface area (Å²) >= 11 is 0. The first-order chi connectivity index (χ1) is 6.52. The average molecular weight is 202 g/mol. The summed E-state index contributed by atoms with van der Waals surface area (Å²) in [7, 11) is 0. The van der Waals surface area contributed by atoms with Gasteiger partial charge in [-0.2, -0.15) is 0 Å². The molecule has 4 heteroatoms. The van der Waals surface area contributed by atoms with Crippen molar-refractivity contribution in [2.75, 3.05) is 6.61 Å². The van der Waals surface area contributed by atoms with Gasteiger partial charge in [-0.05, 0) is 12.1 Å². The van der Waals surface area contributed by atoms with Crippen LogP contribution in [-0.2, 0) is 0 Å². The number of halogens is 3. The number of benzene rings is 1. The van der Waals surface area contributed by atoms with E-state index in [2.05, 4.69) is 0 Å². The minimum atomic E-state index is -2.99. The van der Waals surface area contributed by atoms with E-state index in [4.69, 9.17) is 4.74 Å². The molecular formula is C10H9F3O. The number of hydrogen-bond donors (Lipinski definition) is 0. The Kier molecular flexibility index (Phi) is 1.94. The molecule has 0 spiro atoms. The first-order valence-corrected chi connectivity index (χ1v) is 4.31. The molecule has 1 atom stereocenters. The van der Waals surface area contributed by atoms with E-state index in [9.17, 15) is 13.2 Å². The van der Waals surface area contributed by atoms with Crippen molar-refractivity contribution in [3.63, 3.8) is 0 Å². The molecule has 0 saturated heterocycles. The van der Waals surface area contributed by atoms with Gasteiger partial charge in [0.2, 0.25) is 0 Å². The summed E-state index contributed by atoms with van der Waals surface area (Å²) in [5, 5.41) is 0. The quantitative estimate of drug-likeness (QED) is 0.628. The van der Waals surface area contributed by atoms with E-state index in [-0.39, 0.29) is 11.3 Å². The third-order valence-electron chi connectivity index (χ3n) is 2.50. The predicted octanol–water partition coefficient (Wildman–Crippen LogP) is 2.96. The Labute approximate surface area is 79.5 Å². The van der Waals surface area contributed by atoms with Crippen molar-refractivity contribution in [2.45, 2.75) is 18.8 Å². The zero-order valence-corrected chi connectivity index (χ0v) is 7.56. The van der Waals surface area contributed by atoms with Gasteiger partial charge in [-0.25, -0.2) is 13.2 Å². The van der Waals surface area contributed by atoms with Gasteiger partial charge >= 0.3 is 0 Å². The van der Waals surface area contributed by atoms with Crippen molar-refractivity contribution in [3.05, 3.63) is 29.6 Å². The Morgan fingerprint density at radius 2 is 2.14 bits per heavy atom. The maximum absolute atomic E-state index is 13.3. The maximum Gasteiger partial charge on any atom is 0.288 e. The number of ether oxygens (including phenoxy) is 1. The smallest absolute Gasteiger partial charge is 0.288 e. The Balaban J connectivity index is 2.54. The monoisotopic (exact) mass is 202 g/mol. The molecule has 0 N–H and O–H groups in total. The molecule has 76 valence electrons. The second-order valence-corrected chi connectivity index (χ2v) is 3.42. The fourth-order valence-electron chi connectivity index (χ4n) is 1.57. The van der Waals surface area contributed by atoms with Gasteiger partial charge in [-0.3, -0.25) is 0 Å². The molecule has 0 aromatic heterocycles. The van der Waals surface area contributed by atoms with Crippen LogP contribution in [0.25, 0.3) is 0 Å². The number of alkyl halides is 2. The molecule has 1 aromatic rings. The van der Waals surface area contributed by atoms with E-state index in [1.54, 1.807) is 0 Å². The third kappa shape index (κ3) is 1.25. The Morgan fingerprint density at radius 1 is 1.43 bits per heavy atom. The van der Waals surface area contributed by atoms with Crippen LogP contribution in [0.5, 0.6) is 5.75 Å². The zero-order valence-electron chi connectivity index (χ0n) is 7.56. The summed E-state index contributed by atoms with van der Waals surface area (Å²) in [6.07, 6.45) is 0. The molecule has 0 radical (unpaired) electrons. The second kappa shape index (κ2) is 2.90. The van der Waals surface area contributed by atoms with Crippen molar-refractivity contribution in [1.82, 2.24) is 0 Å². The van der Waals surface area contributed by atoms with Crippen molar-refractivity contribution in [3.8, 4) is 5.75 Å². The van der Waals surface area contributed by atoms with Crippen LogP contribution in [0.1, 0.15) is 18.4 Å². The van der Waals surface area contributed by atoms with Gasteiger partial charge < -0.3 is 4.74 Å². The molecule has 0 aliphatic carbocycles. The zero-order chi connectivity index (χ0) is 10.3. The normalized spacial score (nSPS) is 23.9. The number of hydrogen-bond acceptors (Lipinski definition) is 1. The summed E-state index contributed by atoms with van der Waals surface area (Å²) in [6, 6.07) is 4.12. The highest BCUT2D eigenvalue weighted by Crippen LogP contribution is 2.43. The highest BCUT2D eigenvalue weighted by Gasteiger charge is 2.44. The number of rotatable bonds is 0. The van der Waals surface area contributed by atoms with Gasteiger partial charge in [-0.1, -0.05) is 13.0 Å². The Bertz CT molecular complexity index is 362. The van der Waals surface area contributed by atoms with Crippen LogP contribution in [0.4, 0.5) is 13.2 Å². The van der Waals surface area contributed by atoms with E-state index >= 15 is 0 Å². The van der Waals surface area contributed by atoms with Crippen LogP contribution >= 0.6 is 0 Å². The molecule has 1 aliphatic heterocycles. The fourth-order valence-corrected chi connectivity index (χ4v) is 1.57. The third-order valence-corrected chi connectivity index (χ3v) is 2.50. The van der Waals surface area contributed by atoms with E-state index in [1.165, 1.54) is 25.1 Å². The lowest BCUT2D eigenvalue weighted by Crippen LogP contribution is -2.36. The predicted molar refractivity (Wildman–Crippen MR) is 45.3 cm³/mol. The lowest BCUT2D eigenvalue weighted by Gasteiger charge is -2.31. The van der Waals surface area contributed by atoms with Gasteiger partial charge in [-0.15, -0.1) is 0 Å². The first kappa shape index (κ1) is 9.37. The van der Waals surface area contributed by atoms with Crippen molar-refractivity contribution < 1.29 is 17.9 Å². The van der Waals surface area contributed by atoms with Crippen LogP contribution in [0.15, 0.2) is 18.2 Å². The van der Waals surface area contributed by atoms with Crippen LogP contribution in [0.2, 0.25) is 0 Å². The van der Waals surface area contributed by atoms with E-state index in [0.717, 1.165) is 0 Å². The van der Waals surface area contributed by atoms with Crippen LogP contribution in [0, 0.1) is 5.82 Å². The lowest BCUT2D eigenvalue weighted by atomic mass is 9.91. The van der Waals surface area contributed by atoms with Crippen molar-refractivity contribution in [1.29, 1.82) is 0 Å². The van der Waals surface area contributed by atoms with Gasteiger partial charge in [0.25, 0.3) is 5.92 Å². The van der Waals surface area contributed by atoms with Gasteiger partial charge in [0.15, 0.2) is 6.61 Å². The molecule has 0 fully saturated rings. The Hall–Kier alpha value is -1.19. The SMILES string of the molecule is CC1c2c(F)cccc2OCC1(F)F. The van der Waals surface area contributed by atoms with Crippen molar-refractivity contribution >= 4 is 0 Å². The van der Waals surface area contributed by atoms with Gasteiger partial charge in [0.1, 0.15) is 11.6 Å².